The van der Waals surface area contributed by atoms with E-state index in [0.717, 1.165) is 36.4 Å². The molecule has 6 aromatic rings. The third-order valence-electron chi connectivity index (χ3n) is 13.0. The molecule has 22 nitrogen and oxygen atoms in total. The number of alkyl halides is 6. The van der Waals surface area contributed by atoms with Crippen LogP contribution in [0, 0.1) is 23.5 Å². The van der Waals surface area contributed by atoms with Crippen LogP contribution in [0.4, 0.5) is 67.7 Å². The number of cyclic esters (lactones) is 2. The van der Waals surface area contributed by atoms with E-state index < -0.39 is 92.4 Å². The molecule has 428 valence electrons. The molecule has 2 aromatic heterocycles. The minimum Gasteiger partial charge on any atom is -0.495 e. The predicted octanol–water partition coefficient (Wildman–Crippen LogP) is 8.78. The third-order valence-corrected chi connectivity index (χ3v) is 16.0. The van der Waals surface area contributed by atoms with E-state index in [-0.39, 0.29) is 109 Å². The van der Waals surface area contributed by atoms with Crippen LogP contribution in [-0.2, 0) is 29.9 Å². The molecule has 0 unspecified atom stereocenters. The molecule has 4 fully saturated rings. The van der Waals surface area contributed by atoms with Crippen molar-refractivity contribution < 1.29 is 99.0 Å². The Morgan fingerprint density at radius 3 is 1.34 bits per heavy atom. The molecule has 0 bridgehead atoms. The first kappa shape index (κ1) is 56.6. The van der Waals surface area contributed by atoms with E-state index in [4.69, 9.17) is 18.9 Å². The zero-order valence-electron chi connectivity index (χ0n) is 41.4. The number of nitrogens with zero attached hydrogens (tertiary/aromatic N) is 6. The molecule has 0 saturated carbocycles. The van der Waals surface area contributed by atoms with Crippen molar-refractivity contribution in [2.75, 3.05) is 72.9 Å². The summed E-state index contributed by atoms with van der Waals surface area (Å²) in [5.41, 5.74) is 0.0546. The summed E-state index contributed by atoms with van der Waals surface area (Å²) >= 11 is 0. The van der Waals surface area contributed by atoms with Crippen molar-refractivity contribution in [3.05, 3.63) is 109 Å². The van der Waals surface area contributed by atoms with E-state index in [2.05, 4.69) is 38.3 Å². The Bertz CT molecular complexity index is 3230. The van der Waals surface area contributed by atoms with E-state index >= 15 is 8.78 Å². The van der Waals surface area contributed by atoms with Gasteiger partial charge in [0, 0.05) is 85.5 Å². The fraction of sp³-hybridized carbons (Fsp3) is 0.333. The van der Waals surface area contributed by atoms with Gasteiger partial charge in [-0.15, -0.1) is 26.3 Å². The van der Waals surface area contributed by atoms with E-state index in [1.165, 1.54) is 93.7 Å². The van der Waals surface area contributed by atoms with E-state index in [1.54, 1.807) is 0 Å². The van der Waals surface area contributed by atoms with Crippen LogP contribution in [0.25, 0.3) is 22.3 Å². The number of fused-ring (bicyclic) bond motifs is 2. The summed E-state index contributed by atoms with van der Waals surface area (Å²) in [7, 11) is -5.39. The van der Waals surface area contributed by atoms with Crippen LogP contribution < -0.4 is 38.2 Å². The summed E-state index contributed by atoms with van der Waals surface area (Å²) in [6, 6.07) is 15.7. The fourth-order valence-corrected chi connectivity index (χ4v) is 12.1. The van der Waals surface area contributed by atoms with Crippen molar-refractivity contribution in [1.29, 1.82) is 0 Å². The number of halogens is 8. The number of rotatable bonds is 14. The van der Waals surface area contributed by atoms with Gasteiger partial charge in [0.25, 0.3) is 0 Å². The van der Waals surface area contributed by atoms with Crippen LogP contribution in [0.3, 0.4) is 0 Å². The Kier molecular flexibility index (Phi) is 16.0. The number of piperidine rings is 2. The number of aromatic nitrogens is 2. The molecule has 4 aromatic carbocycles. The van der Waals surface area contributed by atoms with Crippen LogP contribution >= 0.6 is 0 Å². The maximum absolute atomic E-state index is 15.4. The first-order valence-corrected chi connectivity index (χ1v) is 26.5. The number of hydrogen-bond donors (Lipinski definition) is 2. The average Bonchev–Trinajstić information content (AvgIpc) is 4.19. The number of amides is 2. The van der Waals surface area contributed by atoms with Gasteiger partial charge in [-0.05, 0) is 60.4 Å². The lowest BCUT2D eigenvalue weighted by atomic mass is 9.91. The van der Waals surface area contributed by atoms with Crippen molar-refractivity contribution >= 4 is 55.6 Å². The lowest BCUT2D eigenvalue weighted by molar-refractivity contribution is -0.275. The molecule has 6 heterocycles. The van der Waals surface area contributed by atoms with Crippen molar-refractivity contribution in [1.82, 2.24) is 18.9 Å². The number of hydrogen-bond acceptors (Lipinski definition) is 16. The zero-order valence-corrected chi connectivity index (χ0v) is 43.1. The monoisotopic (exact) mass is 1170 g/mol. The van der Waals surface area contributed by atoms with Gasteiger partial charge >= 0.3 is 45.3 Å². The van der Waals surface area contributed by atoms with Gasteiger partial charge in [0.05, 0.1) is 38.8 Å². The Hall–Kier alpha value is -8.10. The molecular formula is C48H44F8N8O14S2. The van der Waals surface area contributed by atoms with E-state index in [9.17, 15) is 52.8 Å². The van der Waals surface area contributed by atoms with Gasteiger partial charge in [-0.2, -0.15) is 25.4 Å². The standard InChI is InChI=1S/2C24H22F4N4O7S/c2*1-36-21-10-17(14-3-2-4-16(9-14)39-24(26,27)28)18(25)11-20(21)32-19-5-7-31(12-15(19)13-37-23(32)33)40(34,35)30-22-6-8-38-29-22/h2*2-4,6,8-11,15,19H,5,7,12-13H2,1H3,(H,29,30)/t2*15-,19+/m10/s1. The van der Waals surface area contributed by atoms with Gasteiger partial charge in [-0.3, -0.25) is 19.2 Å². The highest BCUT2D eigenvalue weighted by atomic mass is 32.2. The molecule has 2 amide bonds. The molecule has 4 saturated heterocycles. The molecule has 32 heteroatoms. The van der Waals surface area contributed by atoms with Gasteiger partial charge in [-0.1, -0.05) is 34.6 Å². The number of carbonyl (C=O) groups excluding carboxylic acids is 2. The van der Waals surface area contributed by atoms with Crippen LogP contribution in [0.5, 0.6) is 23.0 Å². The second kappa shape index (κ2) is 22.6. The first-order valence-electron chi connectivity index (χ1n) is 23.7. The topological polar surface area (TPSA) is 247 Å². The van der Waals surface area contributed by atoms with Crippen LogP contribution in [0.2, 0.25) is 0 Å². The molecule has 0 spiro atoms. The number of methoxy groups -OCH3 is 2. The Morgan fingerprint density at radius 2 is 0.988 bits per heavy atom. The summed E-state index contributed by atoms with van der Waals surface area (Å²) in [6.07, 6.45) is -8.57. The number of ether oxygens (including phenoxy) is 6. The predicted molar refractivity (Wildman–Crippen MR) is 263 cm³/mol. The second-order valence-corrected chi connectivity index (χ2v) is 21.3. The number of benzene rings is 4. The summed E-state index contributed by atoms with van der Waals surface area (Å²) < 4.78 is 204. The van der Waals surface area contributed by atoms with Crippen molar-refractivity contribution in [2.45, 2.75) is 37.7 Å². The normalized spacial score (nSPS) is 20.0. The minimum absolute atomic E-state index is 0.00346. The van der Waals surface area contributed by atoms with Gasteiger partial charge < -0.3 is 37.5 Å². The van der Waals surface area contributed by atoms with Gasteiger partial charge in [0.15, 0.2) is 11.6 Å². The largest absolute Gasteiger partial charge is 0.573 e. The molecule has 0 aliphatic carbocycles. The molecule has 4 atom stereocenters. The van der Waals surface area contributed by atoms with Crippen LogP contribution in [0.1, 0.15) is 12.8 Å². The molecule has 80 heavy (non-hydrogen) atoms. The van der Waals surface area contributed by atoms with Crippen molar-refractivity contribution in [3.8, 4) is 45.3 Å². The van der Waals surface area contributed by atoms with Crippen molar-refractivity contribution in [3.63, 3.8) is 0 Å². The van der Waals surface area contributed by atoms with E-state index in [0.29, 0.717) is 0 Å². The molecule has 4 aliphatic heterocycles. The summed E-state index contributed by atoms with van der Waals surface area (Å²) in [5, 5.41) is 7.08. The minimum atomic E-state index is -4.93. The van der Waals surface area contributed by atoms with Gasteiger partial charge in [0.2, 0.25) is 0 Å². The smallest absolute Gasteiger partial charge is 0.495 e. The molecule has 0 radical (unpaired) electrons. The lowest BCUT2D eigenvalue weighted by Gasteiger charge is -2.45. The number of anilines is 4. The first-order chi connectivity index (χ1) is 37.9. The lowest BCUT2D eigenvalue weighted by Crippen LogP contribution is -2.59. The van der Waals surface area contributed by atoms with E-state index in [1.807, 2.05) is 0 Å². The highest BCUT2D eigenvalue weighted by Gasteiger charge is 2.47. The van der Waals surface area contributed by atoms with Crippen LogP contribution in [0.15, 0.2) is 107 Å². The summed E-state index contributed by atoms with van der Waals surface area (Å²) in [6.45, 7) is -0.0667. The highest BCUT2D eigenvalue weighted by Crippen LogP contribution is 2.44. The quantitative estimate of drug-likeness (QED) is 0.0967. The Morgan fingerprint density at radius 1 is 0.588 bits per heavy atom. The number of carbonyl (C=O) groups is 2. The summed E-state index contributed by atoms with van der Waals surface area (Å²) in [4.78, 5) is 28.2. The maximum atomic E-state index is 15.4. The van der Waals surface area contributed by atoms with Crippen LogP contribution in [-0.4, -0.2) is 126 Å². The maximum Gasteiger partial charge on any atom is 0.573 e. The highest BCUT2D eigenvalue weighted by molar-refractivity contribution is 7.90. The molecule has 2 N–H and O–H groups in total. The second-order valence-electron chi connectivity index (χ2n) is 18.0. The molecular weight excluding hydrogens is 1130 g/mol. The number of nitrogens with one attached hydrogen (secondary N) is 2. The van der Waals surface area contributed by atoms with Gasteiger partial charge in [0.1, 0.15) is 47.2 Å². The Labute approximate surface area is 448 Å². The Balaban J connectivity index is 0.000000194. The molecule has 4 aliphatic rings. The fourth-order valence-electron chi connectivity index (χ4n) is 9.61. The summed E-state index contributed by atoms with van der Waals surface area (Å²) in [5.74, 6) is -3.56. The zero-order chi connectivity index (χ0) is 57.3. The third kappa shape index (κ3) is 12.7. The molecule has 10 rings (SSSR count). The average molecular weight is 1170 g/mol. The van der Waals surface area contributed by atoms with Gasteiger partial charge in [-0.25, -0.2) is 18.4 Å². The van der Waals surface area contributed by atoms with Crippen molar-refractivity contribution in [2.24, 2.45) is 11.8 Å². The SMILES string of the molecule is COc1cc(-c2cccc(OC(F)(F)F)c2)c(F)cc1N1C(=O)OC[C@@H]2CN(S(=O)(=O)Nc3ccon3)CC[C@H]21.COc1cc(-c2cccc(OC(F)(F)F)c2)c(F)cc1N1C(=O)OC[C@H]2CN(S(=O)(=O)Nc3ccon3)CC[C@@H]21.